The Morgan fingerprint density at radius 1 is 1.65 bits per heavy atom. The largest absolute Gasteiger partial charge is 0.488 e. The number of nitrogens with zero attached hydrogens (tertiary/aromatic N) is 2. The van der Waals surface area contributed by atoms with E-state index in [-0.39, 0.29) is 12.2 Å². The van der Waals surface area contributed by atoms with Crippen molar-refractivity contribution in [2.75, 3.05) is 19.7 Å². The van der Waals surface area contributed by atoms with Gasteiger partial charge in [0, 0.05) is 19.3 Å². The van der Waals surface area contributed by atoms with Crippen LogP contribution >= 0.6 is 0 Å². The Labute approximate surface area is 100 Å². The molecule has 1 saturated heterocycles. The third-order valence-electron chi connectivity index (χ3n) is 2.56. The quantitative estimate of drug-likeness (QED) is 0.832. The molecule has 17 heavy (non-hydrogen) atoms. The molecule has 0 bridgehead atoms. The number of rotatable bonds is 3. The number of aromatic nitrogens is 1. The normalized spacial score (nSPS) is 24.0. The van der Waals surface area contributed by atoms with E-state index in [1.54, 1.807) is 18.5 Å². The molecule has 2 atom stereocenters. The summed E-state index contributed by atoms with van der Waals surface area (Å²) >= 11 is 0. The minimum Gasteiger partial charge on any atom is -0.488 e. The second kappa shape index (κ2) is 5.62. The molecule has 0 spiro atoms. The molecule has 5 heteroatoms. The van der Waals surface area contributed by atoms with Gasteiger partial charge in [-0.2, -0.15) is 5.26 Å². The van der Waals surface area contributed by atoms with Crippen LogP contribution in [0.1, 0.15) is 12.5 Å². The molecule has 2 unspecified atom stereocenters. The smallest absolute Gasteiger partial charge is 0.155 e. The average Bonchev–Trinajstić information content (AvgIpc) is 2.37. The first-order valence-electron chi connectivity index (χ1n) is 5.62. The van der Waals surface area contributed by atoms with Gasteiger partial charge in [0.15, 0.2) is 5.75 Å². The van der Waals surface area contributed by atoms with Crippen LogP contribution in [0.2, 0.25) is 0 Å². The zero-order chi connectivity index (χ0) is 12.1. The maximum Gasteiger partial charge on any atom is 0.155 e. The van der Waals surface area contributed by atoms with E-state index in [0.717, 1.165) is 13.1 Å². The molecule has 1 aromatic heterocycles. The highest BCUT2D eigenvalue weighted by molar-refractivity contribution is 5.40. The molecule has 1 N–H and O–H groups in total. The highest BCUT2D eigenvalue weighted by Crippen LogP contribution is 2.16. The SMILES string of the molecule is CC1CNCC(COc2cnccc2C#N)O1. The summed E-state index contributed by atoms with van der Waals surface area (Å²) in [6.07, 6.45) is 3.34. The van der Waals surface area contributed by atoms with Crippen LogP contribution in [-0.2, 0) is 4.74 Å². The number of pyridine rings is 1. The Hall–Kier alpha value is -1.64. The number of nitriles is 1. The number of hydrogen-bond acceptors (Lipinski definition) is 5. The number of morpholine rings is 1. The molecule has 0 aliphatic carbocycles. The molecule has 1 aliphatic rings. The van der Waals surface area contributed by atoms with Crippen molar-refractivity contribution in [2.45, 2.75) is 19.1 Å². The Morgan fingerprint density at radius 2 is 2.53 bits per heavy atom. The lowest BCUT2D eigenvalue weighted by Gasteiger charge is -2.28. The van der Waals surface area contributed by atoms with Crippen molar-refractivity contribution in [3.63, 3.8) is 0 Å². The standard InChI is InChI=1S/C12H15N3O2/c1-9-5-15-6-11(17-9)8-16-12-7-14-3-2-10(12)4-13/h2-3,7,9,11,15H,5-6,8H2,1H3. The molecule has 1 fully saturated rings. The maximum atomic E-state index is 8.90. The first kappa shape index (κ1) is 11.8. The number of hydrogen-bond donors (Lipinski definition) is 1. The third-order valence-corrected chi connectivity index (χ3v) is 2.56. The summed E-state index contributed by atoms with van der Waals surface area (Å²) in [5, 5.41) is 12.2. The zero-order valence-electron chi connectivity index (χ0n) is 9.72. The maximum absolute atomic E-state index is 8.90. The van der Waals surface area contributed by atoms with Gasteiger partial charge in [-0.05, 0) is 13.0 Å². The van der Waals surface area contributed by atoms with Crippen molar-refractivity contribution in [1.29, 1.82) is 5.26 Å². The molecule has 5 nitrogen and oxygen atoms in total. The lowest BCUT2D eigenvalue weighted by molar-refractivity contribution is -0.0471. The second-order valence-electron chi connectivity index (χ2n) is 4.02. The van der Waals surface area contributed by atoms with Gasteiger partial charge in [0.2, 0.25) is 0 Å². The van der Waals surface area contributed by atoms with Crippen molar-refractivity contribution >= 4 is 0 Å². The van der Waals surface area contributed by atoms with Gasteiger partial charge in [-0.3, -0.25) is 4.98 Å². The van der Waals surface area contributed by atoms with Crippen LogP contribution in [0.15, 0.2) is 18.5 Å². The first-order chi connectivity index (χ1) is 8.29. The van der Waals surface area contributed by atoms with Crippen molar-refractivity contribution in [3.8, 4) is 11.8 Å². The van der Waals surface area contributed by atoms with Gasteiger partial charge in [0.05, 0.1) is 17.9 Å². The van der Waals surface area contributed by atoms with Crippen LogP contribution in [0.3, 0.4) is 0 Å². The van der Waals surface area contributed by atoms with Crippen molar-refractivity contribution in [3.05, 3.63) is 24.0 Å². The van der Waals surface area contributed by atoms with Crippen LogP contribution in [-0.4, -0.2) is 36.9 Å². The Kier molecular flexibility index (Phi) is 3.91. The monoisotopic (exact) mass is 233 g/mol. The first-order valence-corrected chi connectivity index (χ1v) is 5.62. The molecular weight excluding hydrogens is 218 g/mol. The molecule has 2 heterocycles. The molecule has 0 aromatic carbocycles. The minimum atomic E-state index is 0.0190. The molecule has 0 amide bonds. The van der Waals surface area contributed by atoms with E-state index >= 15 is 0 Å². The van der Waals surface area contributed by atoms with Crippen molar-refractivity contribution in [2.24, 2.45) is 0 Å². The zero-order valence-corrected chi connectivity index (χ0v) is 9.72. The van der Waals surface area contributed by atoms with E-state index in [9.17, 15) is 0 Å². The van der Waals surface area contributed by atoms with Gasteiger partial charge in [-0.1, -0.05) is 0 Å². The lowest BCUT2D eigenvalue weighted by Crippen LogP contribution is -2.45. The fourth-order valence-corrected chi connectivity index (χ4v) is 1.74. The van der Waals surface area contributed by atoms with E-state index in [1.807, 2.05) is 6.92 Å². The molecule has 1 aromatic rings. The van der Waals surface area contributed by atoms with E-state index in [2.05, 4.69) is 16.4 Å². The second-order valence-corrected chi connectivity index (χ2v) is 4.02. The summed E-state index contributed by atoms with van der Waals surface area (Å²) in [6.45, 7) is 4.08. The van der Waals surface area contributed by atoms with Crippen molar-refractivity contribution < 1.29 is 9.47 Å². The van der Waals surface area contributed by atoms with Gasteiger partial charge < -0.3 is 14.8 Å². The van der Waals surface area contributed by atoms with Gasteiger partial charge >= 0.3 is 0 Å². The van der Waals surface area contributed by atoms with Gasteiger partial charge in [0.25, 0.3) is 0 Å². The summed E-state index contributed by atoms with van der Waals surface area (Å²) in [4.78, 5) is 3.94. The van der Waals surface area contributed by atoms with Crippen LogP contribution in [0.25, 0.3) is 0 Å². The van der Waals surface area contributed by atoms with Crippen LogP contribution < -0.4 is 10.1 Å². The molecule has 1 aliphatic heterocycles. The highest BCUT2D eigenvalue weighted by atomic mass is 16.5. The molecule has 90 valence electrons. The molecule has 0 saturated carbocycles. The molecule has 0 radical (unpaired) electrons. The topological polar surface area (TPSA) is 67.2 Å². The highest BCUT2D eigenvalue weighted by Gasteiger charge is 2.19. The summed E-state index contributed by atoms with van der Waals surface area (Å²) in [7, 11) is 0. The molecule has 2 rings (SSSR count). The van der Waals surface area contributed by atoms with E-state index in [4.69, 9.17) is 14.7 Å². The Morgan fingerprint density at radius 3 is 3.29 bits per heavy atom. The van der Waals surface area contributed by atoms with Crippen molar-refractivity contribution in [1.82, 2.24) is 10.3 Å². The Bertz CT molecular complexity index is 416. The predicted molar refractivity (Wildman–Crippen MR) is 61.7 cm³/mol. The van der Waals surface area contributed by atoms with E-state index in [1.165, 1.54) is 0 Å². The van der Waals surface area contributed by atoms with Crippen LogP contribution in [0.5, 0.6) is 5.75 Å². The van der Waals surface area contributed by atoms with Crippen LogP contribution in [0, 0.1) is 11.3 Å². The fourth-order valence-electron chi connectivity index (χ4n) is 1.74. The average molecular weight is 233 g/mol. The van der Waals surface area contributed by atoms with Crippen LogP contribution in [0.4, 0.5) is 0 Å². The fraction of sp³-hybridized carbons (Fsp3) is 0.500. The van der Waals surface area contributed by atoms with E-state index in [0.29, 0.717) is 17.9 Å². The van der Waals surface area contributed by atoms with Gasteiger partial charge in [-0.25, -0.2) is 0 Å². The number of ether oxygens (including phenoxy) is 2. The molecular formula is C12H15N3O2. The summed E-state index contributed by atoms with van der Waals surface area (Å²) in [6, 6.07) is 3.71. The minimum absolute atomic E-state index is 0.0190. The number of nitrogens with one attached hydrogen (secondary N) is 1. The van der Waals surface area contributed by atoms with Gasteiger partial charge in [-0.15, -0.1) is 0 Å². The van der Waals surface area contributed by atoms with Gasteiger partial charge in [0.1, 0.15) is 18.8 Å². The summed E-state index contributed by atoms with van der Waals surface area (Å²) in [5.74, 6) is 0.511. The van der Waals surface area contributed by atoms with E-state index < -0.39 is 0 Å². The Balaban J connectivity index is 1.91. The predicted octanol–water partition coefficient (Wildman–Crippen LogP) is 0.709. The third kappa shape index (κ3) is 3.16. The summed E-state index contributed by atoms with van der Waals surface area (Å²) in [5.41, 5.74) is 0.497. The lowest BCUT2D eigenvalue weighted by atomic mass is 10.2. The summed E-state index contributed by atoms with van der Waals surface area (Å²) < 4.78 is 11.3.